The first-order valence-corrected chi connectivity index (χ1v) is 7.72. The Morgan fingerprint density at radius 3 is 2.45 bits per heavy atom. The Bertz CT molecular complexity index is 435. The molecule has 2 nitrogen and oxygen atoms in total. The first-order valence-electron chi connectivity index (χ1n) is 7.72. The minimum Gasteiger partial charge on any atom is -0.369 e. The Kier molecular flexibility index (Phi) is 5.03. The molecule has 2 atom stereocenters. The number of hydrogen-bond donors (Lipinski definition) is 1. The molecule has 112 valence electrons. The van der Waals surface area contributed by atoms with Crippen molar-refractivity contribution < 1.29 is 4.39 Å². The number of benzene rings is 1. The zero-order valence-electron chi connectivity index (χ0n) is 13.1. The van der Waals surface area contributed by atoms with Crippen LogP contribution in [0.3, 0.4) is 0 Å². The molecule has 0 aromatic heterocycles. The lowest BCUT2D eigenvalue weighted by molar-refractivity contribution is 0.354. The van der Waals surface area contributed by atoms with E-state index in [9.17, 15) is 4.39 Å². The van der Waals surface area contributed by atoms with Crippen LogP contribution in [0.1, 0.15) is 39.7 Å². The Hall–Kier alpha value is -1.09. The average molecular weight is 278 g/mol. The molecule has 3 heteroatoms. The van der Waals surface area contributed by atoms with Crippen molar-refractivity contribution in [2.45, 2.75) is 46.7 Å². The van der Waals surface area contributed by atoms with E-state index >= 15 is 0 Å². The van der Waals surface area contributed by atoms with Crippen LogP contribution < -0.4 is 10.2 Å². The Balaban J connectivity index is 2.09. The van der Waals surface area contributed by atoms with Crippen LogP contribution in [-0.2, 0) is 6.54 Å². The summed E-state index contributed by atoms with van der Waals surface area (Å²) in [5.74, 6) is 1.19. The molecule has 0 bridgehead atoms. The van der Waals surface area contributed by atoms with Crippen molar-refractivity contribution in [3.8, 4) is 0 Å². The van der Waals surface area contributed by atoms with Gasteiger partial charge in [-0.25, -0.2) is 4.39 Å². The van der Waals surface area contributed by atoms with Gasteiger partial charge in [0.15, 0.2) is 0 Å². The maximum Gasteiger partial charge on any atom is 0.146 e. The zero-order valence-corrected chi connectivity index (χ0v) is 13.1. The average Bonchev–Trinajstić information content (AvgIpc) is 2.35. The second-order valence-electron chi connectivity index (χ2n) is 6.67. The molecular formula is C17H27FN2. The second kappa shape index (κ2) is 6.57. The summed E-state index contributed by atoms with van der Waals surface area (Å²) < 4.78 is 14.3. The number of nitrogens with zero attached hydrogens (tertiary/aromatic N) is 1. The van der Waals surface area contributed by atoms with Crippen LogP contribution in [0.25, 0.3) is 0 Å². The third-order valence-corrected chi connectivity index (χ3v) is 3.94. The molecule has 2 unspecified atom stereocenters. The van der Waals surface area contributed by atoms with Crippen molar-refractivity contribution in [1.82, 2.24) is 5.32 Å². The fourth-order valence-electron chi connectivity index (χ4n) is 3.10. The van der Waals surface area contributed by atoms with Gasteiger partial charge < -0.3 is 10.2 Å². The van der Waals surface area contributed by atoms with Crippen molar-refractivity contribution >= 4 is 5.69 Å². The summed E-state index contributed by atoms with van der Waals surface area (Å²) in [6.45, 7) is 11.4. The summed E-state index contributed by atoms with van der Waals surface area (Å²) in [5.41, 5.74) is 1.77. The van der Waals surface area contributed by atoms with Gasteiger partial charge >= 0.3 is 0 Å². The molecule has 1 aromatic rings. The van der Waals surface area contributed by atoms with E-state index in [0.29, 0.717) is 17.9 Å². The summed E-state index contributed by atoms with van der Waals surface area (Å²) in [6.07, 6.45) is 1.24. The highest BCUT2D eigenvalue weighted by Gasteiger charge is 2.23. The summed E-state index contributed by atoms with van der Waals surface area (Å²) >= 11 is 0. The molecule has 0 spiro atoms. The molecular weight excluding hydrogens is 251 g/mol. The minimum atomic E-state index is -0.0886. The molecule has 1 aliphatic heterocycles. The zero-order chi connectivity index (χ0) is 14.7. The minimum absolute atomic E-state index is 0.0886. The van der Waals surface area contributed by atoms with Gasteiger partial charge in [-0.2, -0.15) is 0 Å². The third kappa shape index (κ3) is 3.95. The van der Waals surface area contributed by atoms with Crippen LogP contribution in [0.2, 0.25) is 0 Å². The standard InChI is InChI=1S/C17H27FN2/c1-12(2)19-9-15-5-6-17(16(18)8-15)20-10-13(3)7-14(4)11-20/h5-6,8,12-14,19H,7,9-11H2,1-4H3. The van der Waals surface area contributed by atoms with E-state index in [4.69, 9.17) is 0 Å². The number of anilines is 1. The topological polar surface area (TPSA) is 15.3 Å². The molecule has 2 rings (SSSR count). The molecule has 0 saturated carbocycles. The summed E-state index contributed by atoms with van der Waals surface area (Å²) in [4.78, 5) is 2.20. The Labute approximate surface area is 122 Å². The fraction of sp³-hybridized carbons (Fsp3) is 0.647. The molecule has 1 aromatic carbocycles. The highest BCUT2D eigenvalue weighted by Crippen LogP contribution is 2.28. The van der Waals surface area contributed by atoms with Gasteiger partial charge in [0, 0.05) is 25.7 Å². The molecule has 0 amide bonds. The van der Waals surface area contributed by atoms with Crippen molar-refractivity contribution in [2.24, 2.45) is 11.8 Å². The lowest BCUT2D eigenvalue weighted by atomic mass is 9.91. The number of piperidine rings is 1. The summed E-state index contributed by atoms with van der Waals surface area (Å²) in [7, 11) is 0. The smallest absolute Gasteiger partial charge is 0.146 e. The van der Waals surface area contributed by atoms with Crippen LogP contribution in [0.4, 0.5) is 10.1 Å². The summed E-state index contributed by atoms with van der Waals surface area (Å²) in [6, 6.07) is 6.07. The van der Waals surface area contributed by atoms with E-state index in [1.807, 2.05) is 12.1 Å². The predicted molar refractivity (Wildman–Crippen MR) is 83.5 cm³/mol. The van der Waals surface area contributed by atoms with E-state index in [0.717, 1.165) is 30.9 Å². The van der Waals surface area contributed by atoms with Crippen LogP contribution >= 0.6 is 0 Å². The lowest BCUT2D eigenvalue weighted by Gasteiger charge is -2.36. The molecule has 1 aliphatic rings. The van der Waals surface area contributed by atoms with Gasteiger partial charge in [-0.15, -0.1) is 0 Å². The quantitative estimate of drug-likeness (QED) is 0.901. The van der Waals surface area contributed by atoms with Gasteiger partial charge in [0.05, 0.1) is 5.69 Å². The normalized spacial score (nSPS) is 23.4. The highest BCUT2D eigenvalue weighted by molar-refractivity contribution is 5.49. The molecule has 0 aliphatic carbocycles. The third-order valence-electron chi connectivity index (χ3n) is 3.94. The fourth-order valence-corrected chi connectivity index (χ4v) is 3.10. The monoisotopic (exact) mass is 278 g/mol. The molecule has 0 radical (unpaired) electrons. The van der Waals surface area contributed by atoms with Crippen molar-refractivity contribution in [1.29, 1.82) is 0 Å². The van der Waals surface area contributed by atoms with Gasteiger partial charge in [-0.05, 0) is 36.0 Å². The molecule has 1 N–H and O–H groups in total. The highest BCUT2D eigenvalue weighted by atomic mass is 19.1. The van der Waals surface area contributed by atoms with Crippen LogP contribution in [-0.4, -0.2) is 19.1 Å². The van der Waals surface area contributed by atoms with E-state index in [2.05, 4.69) is 37.9 Å². The van der Waals surface area contributed by atoms with E-state index in [1.165, 1.54) is 6.42 Å². The van der Waals surface area contributed by atoms with Gasteiger partial charge in [-0.3, -0.25) is 0 Å². The van der Waals surface area contributed by atoms with Gasteiger partial charge in [0.1, 0.15) is 5.82 Å². The van der Waals surface area contributed by atoms with Gasteiger partial charge in [0.25, 0.3) is 0 Å². The SMILES string of the molecule is CC1CC(C)CN(c2ccc(CNC(C)C)cc2F)C1. The molecule has 1 fully saturated rings. The summed E-state index contributed by atoms with van der Waals surface area (Å²) in [5, 5.41) is 3.32. The molecule has 1 saturated heterocycles. The Morgan fingerprint density at radius 1 is 1.25 bits per heavy atom. The second-order valence-corrected chi connectivity index (χ2v) is 6.67. The van der Waals surface area contributed by atoms with Crippen molar-refractivity contribution in [2.75, 3.05) is 18.0 Å². The maximum atomic E-state index is 14.3. The number of rotatable bonds is 4. The Morgan fingerprint density at radius 2 is 1.90 bits per heavy atom. The van der Waals surface area contributed by atoms with Gasteiger partial charge in [0.2, 0.25) is 0 Å². The first-order chi connectivity index (χ1) is 9.45. The van der Waals surface area contributed by atoms with Crippen LogP contribution in [0.15, 0.2) is 18.2 Å². The van der Waals surface area contributed by atoms with E-state index in [1.54, 1.807) is 6.07 Å². The molecule has 1 heterocycles. The van der Waals surface area contributed by atoms with Crippen molar-refractivity contribution in [3.05, 3.63) is 29.6 Å². The predicted octanol–water partition coefficient (Wildman–Crippen LogP) is 3.81. The number of nitrogens with one attached hydrogen (secondary N) is 1. The van der Waals surface area contributed by atoms with Crippen LogP contribution in [0.5, 0.6) is 0 Å². The van der Waals surface area contributed by atoms with Crippen molar-refractivity contribution in [3.63, 3.8) is 0 Å². The van der Waals surface area contributed by atoms with Gasteiger partial charge in [-0.1, -0.05) is 33.8 Å². The van der Waals surface area contributed by atoms with E-state index in [-0.39, 0.29) is 5.82 Å². The first kappa shape index (κ1) is 15.3. The maximum absolute atomic E-state index is 14.3. The number of hydrogen-bond acceptors (Lipinski definition) is 2. The van der Waals surface area contributed by atoms with Crippen LogP contribution in [0, 0.1) is 17.7 Å². The number of halogens is 1. The lowest BCUT2D eigenvalue weighted by Crippen LogP contribution is -2.39. The largest absolute Gasteiger partial charge is 0.369 e. The van der Waals surface area contributed by atoms with E-state index < -0.39 is 0 Å². The molecule has 20 heavy (non-hydrogen) atoms.